The van der Waals surface area contributed by atoms with E-state index >= 15 is 0 Å². The van der Waals surface area contributed by atoms with Crippen molar-refractivity contribution in [2.75, 3.05) is 26.9 Å². The summed E-state index contributed by atoms with van der Waals surface area (Å²) in [5.41, 5.74) is 0.897. The van der Waals surface area contributed by atoms with Crippen LogP contribution >= 0.6 is 11.6 Å². The van der Waals surface area contributed by atoms with E-state index in [1.54, 1.807) is 25.4 Å². The van der Waals surface area contributed by atoms with E-state index in [-0.39, 0.29) is 18.6 Å². The molecule has 1 unspecified atom stereocenters. The number of methoxy groups -OCH3 is 1. The Balaban J connectivity index is 2.10. The molecule has 7 heteroatoms. The Morgan fingerprint density at radius 3 is 2.70 bits per heavy atom. The molecule has 1 aromatic heterocycles. The topological polar surface area (TPSA) is 65.4 Å². The van der Waals surface area contributed by atoms with Crippen molar-refractivity contribution in [2.45, 2.75) is 6.04 Å². The molecular formula is C16H20ClN3O3. The van der Waals surface area contributed by atoms with E-state index in [1.165, 1.54) is 0 Å². The molecule has 2 aromatic rings. The van der Waals surface area contributed by atoms with Gasteiger partial charge in [0, 0.05) is 31.6 Å². The second-order valence-electron chi connectivity index (χ2n) is 4.99. The van der Waals surface area contributed by atoms with Gasteiger partial charge in [0.15, 0.2) is 0 Å². The summed E-state index contributed by atoms with van der Waals surface area (Å²) in [6.07, 6.45) is 3.53. The van der Waals surface area contributed by atoms with Gasteiger partial charge in [-0.05, 0) is 17.7 Å². The lowest BCUT2D eigenvalue weighted by molar-refractivity contribution is -0.126. The molecule has 0 aliphatic heterocycles. The van der Waals surface area contributed by atoms with Crippen molar-refractivity contribution in [1.29, 1.82) is 0 Å². The minimum absolute atomic E-state index is 0.0299. The summed E-state index contributed by atoms with van der Waals surface area (Å²) < 4.78 is 12.0. The molecule has 0 aliphatic rings. The van der Waals surface area contributed by atoms with Crippen LogP contribution in [-0.4, -0.2) is 42.4 Å². The van der Waals surface area contributed by atoms with Gasteiger partial charge in [0.1, 0.15) is 18.5 Å². The number of aromatic nitrogens is 2. The summed E-state index contributed by atoms with van der Waals surface area (Å²) >= 11 is 5.94. The third kappa shape index (κ3) is 5.06. The molecule has 23 heavy (non-hydrogen) atoms. The van der Waals surface area contributed by atoms with E-state index in [1.807, 2.05) is 29.9 Å². The number of nitrogens with zero attached hydrogens (tertiary/aromatic N) is 2. The Kier molecular flexibility index (Phi) is 6.58. The molecule has 0 saturated carbocycles. The van der Waals surface area contributed by atoms with Gasteiger partial charge >= 0.3 is 0 Å². The van der Waals surface area contributed by atoms with Crippen molar-refractivity contribution in [2.24, 2.45) is 7.05 Å². The molecule has 1 amide bonds. The van der Waals surface area contributed by atoms with Gasteiger partial charge in [-0.3, -0.25) is 4.79 Å². The molecule has 0 aliphatic carbocycles. The predicted molar refractivity (Wildman–Crippen MR) is 87.3 cm³/mol. The molecule has 1 atom stereocenters. The zero-order valence-corrected chi connectivity index (χ0v) is 13.9. The lowest BCUT2D eigenvalue weighted by Crippen LogP contribution is -2.34. The number of hydrogen-bond acceptors (Lipinski definition) is 4. The van der Waals surface area contributed by atoms with E-state index in [9.17, 15) is 4.79 Å². The number of benzene rings is 1. The van der Waals surface area contributed by atoms with Gasteiger partial charge in [0.25, 0.3) is 0 Å². The van der Waals surface area contributed by atoms with Crippen LogP contribution in [0.1, 0.15) is 17.4 Å². The lowest BCUT2D eigenvalue weighted by Gasteiger charge is -2.19. The van der Waals surface area contributed by atoms with Gasteiger partial charge in [-0.1, -0.05) is 23.7 Å². The van der Waals surface area contributed by atoms with Gasteiger partial charge in [-0.15, -0.1) is 0 Å². The molecular weight excluding hydrogens is 318 g/mol. The van der Waals surface area contributed by atoms with Gasteiger partial charge < -0.3 is 19.4 Å². The summed E-state index contributed by atoms with van der Waals surface area (Å²) in [6, 6.07) is 6.94. The Labute approximate surface area is 140 Å². The SMILES string of the molecule is COCCOCC(=O)NC(c1ccc(Cl)cc1)c1nccn1C. The van der Waals surface area contributed by atoms with Gasteiger partial charge in [-0.2, -0.15) is 0 Å². The van der Waals surface area contributed by atoms with Crippen LogP contribution in [0.5, 0.6) is 0 Å². The maximum absolute atomic E-state index is 12.1. The molecule has 0 saturated heterocycles. The number of amides is 1. The van der Waals surface area contributed by atoms with Crippen LogP contribution in [0, 0.1) is 0 Å². The summed E-state index contributed by atoms with van der Waals surface area (Å²) in [4.78, 5) is 16.5. The number of imidazole rings is 1. The van der Waals surface area contributed by atoms with Gasteiger partial charge in [-0.25, -0.2) is 4.98 Å². The number of halogens is 1. The molecule has 2 rings (SSSR count). The summed E-state index contributed by atoms with van der Waals surface area (Å²) in [5, 5.41) is 3.58. The van der Waals surface area contributed by atoms with Crippen LogP contribution in [0.2, 0.25) is 5.02 Å². The summed E-state index contributed by atoms with van der Waals surface area (Å²) in [5.74, 6) is 0.515. The Hall–Kier alpha value is -1.89. The highest BCUT2D eigenvalue weighted by atomic mass is 35.5. The normalized spacial score (nSPS) is 12.1. The highest BCUT2D eigenvalue weighted by Crippen LogP contribution is 2.22. The predicted octanol–water partition coefficient (Wildman–Crippen LogP) is 1.94. The minimum atomic E-state index is -0.370. The van der Waals surface area contributed by atoms with Crippen LogP contribution in [0.4, 0.5) is 0 Å². The van der Waals surface area contributed by atoms with E-state index < -0.39 is 0 Å². The minimum Gasteiger partial charge on any atom is -0.382 e. The van der Waals surface area contributed by atoms with Crippen LogP contribution in [0.25, 0.3) is 0 Å². The Morgan fingerprint density at radius 1 is 1.35 bits per heavy atom. The zero-order valence-electron chi connectivity index (χ0n) is 13.2. The molecule has 0 bridgehead atoms. The summed E-state index contributed by atoms with van der Waals surface area (Å²) in [7, 11) is 3.47. The van der Waals surface area contributed by atoms with Crippen molar-refractivity contribution in [1.82, 2.24) is 14.9 Å². The third-order valence-corrected chi connectivity index (χ3v) is 3.54. The number of hydrogen-bond donors (Lipinski definition) is 1. The highest BCUT2D eigenvalue weighted by Gasteiger charge is 2.20. The lowest BCUT2D eigenvalue weighted by atomic mass is 10.1. The largest absolute Gasteiger partial charge is 0.382 e. The van der Waals surface area contributed by atoms with Gasteiger partial charge in [0.05, 0.1) is 13.2 Å². The molecule has 1 heterocycles. The highest BCUT2D eigenvalue weighted by molar-refractivity contribution is 6.30. The molecule has 0 radical (unpaired) electrons. The van der Waals surface area contributed by atoms with Crippen molar-refractivity contribution < 1.29 is 14.3 Å². The number of ether oxygens (including phenoxy) is 2. The van der Waals surface area contributed by atoms with E-state index in [2.05, 4.69) is 10.3 Å². The number of rotatable bonds is 8. The van der Waals surface area contributed by atoms with Crippen LogP contribution < -0.4 is 5.32 Å². The van der Waals surface area contributed by atoms with Crippen LogP contribution in [0.3, 0.4) is 0 Å². The number of carbonyl (C=O) groups is 1. The summed E-state index contributed by atoms with van der Waals surface area (Å²) in [6.45, 7) is 0.795. The van der Waals surface area contributed by atoms with Crippen molar-refractivity contribution >= 4 is 17.5 Å². The first-order chi connectivity index (χ1) is 11.1. The van der Waals surface area contributed by atoms with Crippen LogP contribution in [0.15, 0.2) is 36.7 Å². The third-order valence-electron chi connectivity index (χ3n) is 3.29. The van der Waals surface area contributed by atoms with Gasteiger partial charge in [0.2, 0.25) is 5.91 Å². The molecule has 1 N–H and O–H groups in total. The van der Waals surface area contributed by atoms with E-state index in [0.29, 0.717) is 18.2 Å². The molecule has 0 spiro atoms. The fourth-order valence-electron chi connectivity index (χ4n) is 2.12. The molecule has 124 valence electrons. The molecule has 6 nitrogen and oxygen atoms in total. The first-order valence-corrected chi connectivity index (χ1v) is 7.58. The monoisotopic (exact) mass is 337 g/mol. The zero-order chi connectivity index (χ0) is 16.7. The van der Waals surface area contributed by atoms with Crippen molar-refractivity contribution in [3.63, 3.8) is 0 Å². The second-order valence-corrected chi connectivity index (χ2v) is 5.43. The molecule has 1 aromatic carbocycles. The fraction of sp³-hybridized carbons (Fsp3) is 0.375. The van der Waals surface area contributed by atoms with E-state index in [0.717, 1.165) is 11.4 Å². The molecule has 0 fully saturated rings. The van der Waals surface area contributed by atoms with Crippen molar-refractivity contribution in [3.05, 3.63) is 53.1 Å². The first kappa shape index (κ1) is 17.5. The maximum Gasteiger partial charge on any atom is 0.246 e. The average molecular weight is 338 g/mol. The van der Waals surface area contributed by atoms with Crippen molar-refractivity contribution in [3.8, 4) is 0 Å². The Morgan fingerprint density at radius 2 is 2.09 bits per heavy atom. The number of nitrogens with one attached hydrogen (secondary N) is 1. The average Bonchev–Trinajstić information content (AvgIpc) is 2.96. The smallest absolute Gasteiger partial charge is 0.246 e. The van der Waals surface area contributed by atoms with Crippen LogP contribution in [-0.2, 0) is 21.3 Å². The fourth-order valence-corrected chi connectivity index (χ4v) is 2.24. The van der Waals surface area contributed by atoms with E-state index in [4.69, 9.17) is 21.1 Å². The number of carbonyl (C=O) groups excluding carboxylic acids is 1. The Bertz CT molecular complexity index is 628. The quantitative estimate of drug-likeness (QED) is 0.748. The second kappa shape index (κ2) is 8.67. The maximum atomic E-state index is 12.1. The number of aryl methyl sites for hydroxylation is 1. The first-order valence-electron chi connectivity index (χ1n) is 7.20. The standard InChI is InChI=1S/C16H20ClN3O3/c1-20-8-7-18-16(20)15(12-3-5-13(17)6-4-12)19-14(21)11-23-10-9-22-2/h3-8,15H,9-11H2,1-2H3,(H,19,21).